The van der Waals surface area contributed by atoms with Gasteiger partial charge in [0.15, 0.2) is 0 Å². The minimum atomic E-state index is -0.656. The van der Waals surface area contributed by atoms with E-state index < -0.39 is 17.8 Å². The van der Waals surface area contributed by atoms with Gasteiger partial charge in [-0.1, -0.05) is 0 Å². The molecule has 7 nitrogen and oxygen atoms in total. The van der Waals surface area contributed by atoms with Crippen LogP contribution in [0.3, 0.4) is 0 Å². The summed E-state index contributed by atoms with van der Waals surface area (Å²) in [6, 6.07) is -0.588. The summed E-state index contributed by atoms with van der Waals surface area (Å²) in [4.78, 5) is 37.1. The van der Waals surface area contributed by atoms with E-state index in [1.54, 1.807) is 13.8 Å². The Labute approximate surface area is 93.1 Å². The number of barbiturate groups is 1. The largest absolute Gasteiger partial charge is 0.334 e. The summed E-state index contributed by atoms with van der Waals surface area (Å²) in [5, 5.41) is 3.61. The molecule has 1 aliphatic rings. The first kappa shape index (κ1) is 12.2. The monoisotopic (exact) mass is 226 g/mol. The summed E-state index contributed by atoms with van der Waals surface area (Å²) in [5.74, 6) is -1.31. The molecule has 0 aromatic carbocycles. The zero-order valence-electron chi connectivity index (χ0n) is 9.48. The van der Waals surface area contributed by atoms with Crippen molar-refractivity contribution in [2.45, 2.75) is 13.8 Å². The molecule has 0 atom stereocenters. The summed E-state index contributed by atoms with van der Waals surface area (Å²) in [5.41, 5.74) is 2.13. The van der Waals surface area contributed by atoms with E-state index in [1.165, 1.54) is 7.05 Å². The first-order valence-electron chi connectivity index (χ1n) is 5.00. The van der Waals surface area contributed by atoms with Crippen LogP contribution in [0.5, 0.6) is 0 Å². The molecule has 0 aliphatic carbocycles. The molecule has 0 radical (unpaired) electrons. The molecular weight excluding hydrogens is 212 g/mol. The maximum atomic E-state index is 11.7. The van der Waals surface area contributed by atoms with E-state index >= 15 is 0 Å². The number of nitrogens with zero attached hydrogens (tertiary/aromatic N) is 3. The van der Waals surface area contributed by atoms with Crippen LogP contribution < -0.4 is 5.43 Å². The Balaban J connectivity index is 3.15. The highest BCUT2D eigenvalue weighted by Gasteiger charge is 2.41. The Morgan fingerprint density at radius 2 is 1.50 bits per heavy atom. The number of carbonyl (C=O) groups excluding carboxylic acids is 3. The van der Waals surface area contributed by atoms with Crippen molar-refractivity contribution in [1.29, 1.82) is 0 Å². The Morgan fingerprint density at radius 3 is 1.81 bits per heavy atom. The second-order valence-corrected chi connectivity index (χ2v) is 3.07. The van der Waals surface area contributed by atoms with Gasteiger partial charge in [-0.05, 0) is 13.8 Å². The van der Waals surface area contributed by atoms with Gasteiger partial charge in [0.2, 0.25) is 5.71 Å². The van der Waals surface area contributed by atoms with Crippen LogP contribution in [0, 0.1) is 0 Å². The van der Waals surface area contributed by atoms with Crippen LogP contribution in [0.2, 0.25) is 0 Å². The van der Waals surface area contributed by atoms with E-state index in [4.69, 9.17) is 0 Å². The number of hydrazone groups is 1. The molecule has 1 N–H and O–H groups in total. The highest BCUT2D eigenvalue weighted by molar-refractivity contribution is 6.68. The van der Waals surface area contributed by atoms with Crippen LogP contribution in [0.15, 0.2) is 5.10 Å². The second kappa shape index (κ2) is 4.73. The zero-order valence-corrected chi connectivity index (χ0v) is 9.48. The summed E-state index contributed by atoms with van der Waals surface area (Å²) in [6.45, 7) is 3.75. The maximum Gasteiger partial charge on any atom is 0.334 e. The number of rotatable bonds is 3. The smallest absolute Gasteiger partial charge is 0.312 e. The molecule has 0 unspecified atom stereocenters. The third-order valence-corrected chi connectivity index (χ3v) is 2.21. The Bertz CT molecular complexity index is 336. The Kier molecular flexibility index (Phi) is 3.60. The molecule has 0 aromatic heterocycles. The predicted octanol–water partition coefficient (Wildman–Crippen LogP) is -0.608. The van der Waals surface area contributed by atoms with E-state index in [1.807, 2.05) is 0 Å². The summed E-state index contributed by atoms with van der Waals surface area (Å²) < 4.78 is 0. The Hall–Kier alpha value is -1.92. The van der Waals surface area contributed by atoms with Gasteiger partial charge >= 0.3 is 6.03 Å². The lowest BCUT2D eigenvalue weighted by molar-refractivity contribution is -0.130. The van der Waals surface area contributed by atoms with Crippen LogP contribution in [0.25, 0.3) is 0 Å². The van der Waals surface area contributed by atoms with E-state index in [0.717, 1.165) is 9.80 Å². The van der Waals surface area contributed by atoms with Gasteiger partial charge in [0.25, 0.3) is 11.8 Å². The fraction of sp³-hybridized carbons (Fsp3) is 0.556. The van der Waals surface area contributed by atoms with Crippen LogP contribution in [0.4, 0.5) is 4.79 Å². The van der Waals surface area contributed by atoms with Crippen LogP contribution in [-0.4, -0.2) is 53.5 Å². The molecule has 0 bridgehead atoms. The summed E-state index contributed by atoms with van der Waals surface area (Å²) in [7, 11) is 1.48. The number of carbonyl (C=O) groups is 3. The molecule has 0 spiro atoms. The standard InChI is InChI=1S/C9H14N4O3/c1-4-12-7(14)6(11-10-3)8(15)13(5-2)9(12)16/h10H,4-5H2,1-3H3. The van der Waals surface area contributed by atoms with Crippen LogP contribution in [0.1, 0.15) is 13.8 Å². The van der Waals surface area contributed by atoms with Crippen molar-refractivity contribution >= 4 is 23.6 Å². The second-order valence-electron chi connectivity index (χ2n) is 3.07. The third kappa shape index (κ3) is 1.75. The molecule has 0 saturated carbocycles. The fourth-order valence-corrected chi connectivity index (χ4v) is 1.43. The molecule has 1 aliphatic heterocycles. The fourth-order valence-electron chi connectivity index (χ4n) is 1.43. The van der Waals surface area contributed by atoms with Crippen molar-refractivity contribution in [3.63, 3.8) is 0 Å². The molecule has 1 rings (SSSR count). The molecule has 16 heavy (non-hydrogen) atoms. The van der Waals surface area contributed by atoms with Gasteiger partial charge in [0.05, 0.1) is 0 Å². The normalized spacial score (nSPS) is 16.9. The molecule has 1 heterocycles. The molecule has 4 amide bonds. The number of imide groups is 2. The van der Waals surface area contributed by atoms with E-state index in [-0.39, 0.29) is 18.8 Å². The highest BCUT2D eigenvalue weighted by atomic mass is 16.2. The molecule has 0 aromatic rings. The van der Waals surface area contributed by atoms with Gasteiger partial charge in [-0.15, -0.1) is 0 Å². The molecular formula is C9H14N4O3. The van der Waals surface area contributed by atoms with Crippen molar-refractivity contribution in [3.05, 3.63) is 0 Å². The molecule has 88 valence electrons. The highest BCUT2D eigenvalue weighted by Crippen LogP contribution is 2.09. The number of hydrogen-bond donors (Lipinski definition) is 1. The SMILES string of the molecule is CCN1C(=O)C(=NNC)C(=O)N(CC)C1=O. The van der Waals surface area contributed by atoms with Crippen LogP contribution in [-0.2, 0) is 9.59 Å². The number of nitrogens with one attached hydrogen (secondary N) is 1. The topological polar surface area (TPSA) is 82.1 Å². The van der Waals surface area contributed by atoms with Gasteiger partial charge in [0, 0.05) is 20.1 Å². The maximum absolute atomic E-state index is 11.7. The minimum Gasteiger partial charge on any atom is -0.312 e. The molecule has 1 saturated heterocycles. The lowest BCUT2D eigenvalue weighted by Crippen LogP contribution is -2.60. The summed E-state index contributed by atoms with van der Waals surface area (Å²) >= 11 is 0. The van der Waals surface area contributed by atoms with E-state index in [2.05, 4.69) is 10.5 Å². The lowest BCUT2D eigenvalue weighted by atomic mass is 10.2. The average Bonchev–Trinajstić information content (AvgIpc) is 2.26. The van der Waals surface area contributed by atoms with Crippen molar-refractivity contribution < 1.29 is 14.4 Å². The van der Waals surface area contributed by atoms with Gasteiger partial charge in [0.1, 0.15) is 0 Å². The van der Waals surface area contributed by atoms with Crippen LogP contribution >= 0.6 is 0 Å². The van der Waals surface area contributed by atoms with Gasteiger partial charge in [-0.3, -0.25) is 19.4 Å². The van der Waals surface area contributed by atoms with Crippen molar-refractivity contribution in [3.8, 4) is 0 Å². The first-order chi connectivity index (χ1) is 7.58. The zero-order chi connectivity index (χ0) is 12.3. The third-order valence-electron chi connectivity index (χ3n) is 2.21. The van der Waals surface area contributed by atoms with Crippen molar-refractivity contribution in [1.82, 2.24) is 15.2 Å². The number of urea groups is 1. The summed E-state index contributed by atoms with van der Waals surface area (Å²) in [6.07, 6.45) is 0. The van der Waals surface area contributed by atoms with E-state index in [9.17, 15) is 14.4 Å². The minimum absolute atomic E-state index is 0.212. The Morgan fingerprint density at radius 1 is 1.06 bits per heavy atom. The quantitative estimate of drug-likeness (QED) is 0.651. The van der Waals surface area contributed by atoms with Crippen molar-refractivity contribution in [2.75, 3.05) is 20.1 Å². The molecule has 1 fully saturated rings. The van der Waals surface area contributed by atoms with E-state index in [0.29, 0.717) is 0 Å². The van der Waals surface area contributed by atoms with Gasteiger partial charge < -0.3 is 5.43 Å². The number of amides is 4. The van der Waals surface area contributed by atoms with Crippen molar-refractivity contribution in [2.24, 2.45) is 5.10 Å². The van der Waals surface area contributed by atoms with Gasteiger partial charge in [-0.25, -0.2) is 4.79 Å². The first-order valence-corrected chi connectivity index (χ1v) is 5.00. The number of hydrogen-bond acceptors (Lipinski definition) is 5. The molecule has 7 heteroatoms. The van der Waals surface area contributed by atoms with Gasteiger partial charge in [-0.2, -0.15) is 5.10 Å². The predicted molar refractivity (Wildman–Crippen MR) is 56.7 cm³/mol. The average molecular weight is 226 g/mol. The lowest BCUT2D eigenvalue weighted by Gasteiger charge is -2.31.